The van der Waals surface area contributed by atoms with Crippen LogP contribution in [-0.4, -0.2) is 24.1 Å². The molecular formula is C19H22N2O5. The molecule has 0 aliphatic carbocycles. The number of methoxy groups -OCH3 is 1. The zero-order chi connectivity index (χ0) is 18.7. The Morgan fingerprint density at radius 2 is 1.92 bits per heavy atom. The number of hydroxylamine groups is 1. The molecular weight excluding hydrogens is 336 g/mol. The molecule has 0 spiro atoms. The molecule has 2 atom stereocenters. The van der Waals surface area contributed by atoms with Gasteiger partial charge in [-0.25, -0.2) is 10.3 Å². The molecule has 0 fully saturated rings. The average Bonchev–Trinajstić information content (AvgIpc) is 2.63. The van der Waals surface area contributed by atoms with Crippen LogP contribution in [0.25, 0.3) is 0 Å². The molecule has 3 rings (SSSR count). The number of carbonyl (C=O) groups excluding carboxylic acids is 1. The van der Waals surface area contributed by atoms with E-state index in [1.165, 1.54) is 5.48 Å². The summed E-state index contributed by atoms with van der Waals surface area (Å²) in [5.74, 6) is 1.68. The van der Waals surface area contributed by atoms with Crippen molar-refractivity contribution >= 4 is 11.7 Å². The minimum atomic E-state index is -0.708. The van der Waals surface area contributed by atoms with Crippen LogP contribution >= 0.6 is 0 Å². The van der Waals surface area contributed by atoms with Crippen LogP contribution in [0, 0.1) is 0 Å². The van der Waals surface area contributed by atoms with Gasteiger partial charge in [-0.3, -0.25) is 5.21 Å². The van der Waals surface area contributed by atoms with Crippen LogP contribution in [0.1, 0.15) is 31.7 Å². The molecule has 7 heteroatoms. The maximum Gasteiger partial charge on any atom is 0.342 e. The number of carbonyl (C=O) groups is 1. The first-order valence-electron chi connectivity index (χ1n) is 8.29. The Kier molecular flexibility index (Phi) is 5.01. The first-order valence-corrected chi connectivity index (χ1v) is 8.29. The number of amides is 2. The summed E-state index contributed by atoms with van der Waals surface area (Å²) in [4.78, 5) is 11.1. The number of hydrogen-bond donors (Lipinski definition) is 3. The summed E-state index contributed by atoms with van der Waals surface area (Å²) in [5.41, 5.74) is 3.16. The van der Waals surface area contributed by atoms with Crippen LogP contribution in [0.3, 0.4) is 0 Å². The average molecular weight is 358 g/mol. The fourth-order valence-corrected chi connectivity index (χ4v) is 3.04. The number of benzene rings is 2. The van der Waals surface area contributed by atoms with E-state index in [0.717, 1.165) is 17.7 Å². The van der Waals surface area contributed by atoms with Gasteiger partial charge in [0.25, 0.3) is 0 Å². The molecule has 3 N–H and O–H groups in total. The molecule has 0 saturated heterocycles. The normalized spacial score (nSPS) is 21.3. The van der Waals surface area contributed by atoms with Crippen molar-refractivity contribution in [3.8, 4) is 17.2 Å². The number of ether oxygens (including phenoxy) is 3. The van der Waals surface area contributed by atoms with Crippen molar-refractivity contribution < 1.29 is 24.2 Å². The summed E-state index contributed by atoms with van der Waals surface area (Å²) in [5, 5.41) is 11.0. The highest BCUT2D eigenvalue weighted by molar-refractivity contribution is 5.88. The Balaban J connectivity index is 1.75. The van der Waals surface area contributed by atoms with Crippen molar-refractivity contribution in [2.45, 2.75) is 32.0 Å². The fourth-order valence-electron chi connectivity index (χ4n) is 3.04. The third kappa shape index (κ3) is 3.89. The van der Waals surface area contributed by atoms with Crippen molar-refractivity contribution in [3.63, 3.8) is 0 Å². The second kappa shape index (κ2) is 7.23. The summed E-state index contributed by atoms with van der Waals surface area (Å²) >= 11 is 0. The maximum atomic E-state index is 11.1. The number of anilines is 1. The Morgan fingerprint density at radius 1 is 1.23 bits per heavy atom. The van der Waals surface area contributed by atoms with Crippen LogP contribution in [-0.2, 0) is 4.74 Å². The Bertz CT molecular complexity index is 793. The highest BCUT2D eigenvalue weighted by Gasteiger charge is 2.35. The lowest BCUT2D eigenvalue weighted by Gasteiger charge is -2.37. The first-order chi connectivity index (χ1) is 12.4. The van der Waals surface area contributed by atoms with E-state index in [2.05, 4.69) is 12.2 Å². The Morgan fingerprint density at radius 3 is 2.58 bits per heavy atom. The number of nitrogens with one attached hydrogen (secondary N) is 2. The van der Waals surface area contributed by atoms with E-state index in [4.69, 9.17) is 19.4 Å². The van der Waals surface area contributed by atoms with Crippen molar-refractivity contribution in [1.82, 2.24) is 5.48 Å². The van der Waals surface area contributed by atoms with Gasteiger partial charge in [-0.1, -0.05) is 13.0 Å². The number of fused-ring (bicyclic) bond motifs is 1. The molecule has 7 nitrogen and oxygen atoms in total. The highest BCUT2D eigenvalue weighted by Crippen LogP contribution is 2.43. The Labute approximate surface area is 151 Å². The summed E-state index contributed by atoms with van der Waals surface area (Å²) in [6.07, 6.45) is 0.784. The van der Waals surface area contributed by atoms with Gasteiger partial charge in [-0.15, -0.1) is 0 Å². The molecule has 2 unspecified atom stereocenters. The molecule has 2 aromatic carbocycles. The van der Waals surface area contributed by atoms with Crippen LogP contribution in [0.4, 0.5) is 10.5 Å². The SMILES string of the molecule is COC1(C)CC(C)c2ccc(Oc3ccc(NC(=O)NO)cc3)cc2O1. The van der Waals surface area contributed by atoms with E-state index in [0.29, 0.717) is 23.1 Å². The molecule has 0 bridgehead atoms. The van der Waals surface area contributed by atoms with E-state index in [1.54, 1.807) is 31.4 Å². The molecule has 2 amide bonds. The van der Waals surface area contributed by atoms with Crippen LogP contribution in [0.5, 0.6) is 17.2 Å². The lowest BCUT2D eigenvalue weighted by atomic mass is 9.90. The third-order valence-corrected chi connectivity index (χ3v) is 4.40. The van der Waals surface area contributed by atoms with Crippen LogP contribution in [0.15, 0.2) is 42.5 Å². The molecule has 0 saturated carbocycles. The van der Waals surface area contributed by atoms with Crippen molar-refractivity contribution in [3.05, 3.63) is 48.0 Å². The van der Waals surface area contributed by atoms with Crippen molar-refractivity contribution in [2.75, 3.05) is 12.4 Å². The molecule has 26 heavy (non-hydrogen) atoms. The standard InChI is InChI=1S/C19H22N2O5/c1-12-11-19(2,24-3)26-17-10-15(8-9-16(12)17)25-14-6-4-13(5-7-14)20-18(22)21-23/h4-10,12,23H,11H2,1-3H3,(H2,20,21,22). The predicted octanol–water partition coefficient (Wildman–Crippen LogP) is 4.24. The molecule has 2 aromatic rings. The van der Waals surface area contributed by atoms with E-state index in [9.17, 15) is 4.79 Å². The molecule has 138 valence electrons. The largest absolute Gasteiger partial charge is 0.462 e. The number of rotatable bonds is 4. The van der Waals surface area contributed by atoms with Gasteiger partial charge in [0.15, 0.2) is 0 Å². The highest BCUT2D eigenvalue weighted by atomic mass is 16.7. The quantitative estimate of drug-likeness (QED) is 0.562. The fraction of sp³-hybridized carbons (Fsp3) is 0.316. The predicted molar refractivity (Wildman–Crippen MR) is 96.0 cm³/mol. The van der Waals surface area contributed by atoms with E-state index in [1.807, 2.05) is 25.1 Å². The zero-order valence-electron chi connectivity index (χ0n) is 14.9. The van der Waals surface area contributed by atoms with Gasteiger partial charge in [-0.2, -0.15) is 0 Å². The minimum Gasteiger partial charge on any atom is -0.462 e. The van der Waals surface area contributed by atoms with Gasteiger partial charge in [0.05, 0.1) is 0 Å². The number of urea groups is 1. The summed E-state index contributed by atoms with van der Waals surface area (Å²) in [6.45, 7) is 4.07. The molecule has 1 aliphatic heterocycles. The summed E-state index contributed by atoms with van der Waals surface area (Å²) in [6, 6.07) is 11.8. The Hall–Kier alpha value is -2.77. The lowest BCUT2D eigenvalue weighted by molar-refractivity contribution is -0.164. The second-order valence-electron chi connectivity index (χ2n) is 6.44. The zero-order valence-corrected chi connectivity index (χ0v) is 14.9. The van der Waals surface area contributed by atoms with E-state index in [-0.39, 0.29) is 0 Å². The molecule has 1 heterocycles. The molecule has 1 aliphatic rings. The second-order valence-corrected chi connectivity index (χ2v) is 6.44. The lowest BCUT2D eigenvalue weighted by Crippen LogP contribution is -2.39. The van der Waals surface area contributed by atoms with Gasteiger partial charge < -0.3 is 19.5 Å². The van der Waals surface area contributed by atoms with Crippen molar-refractivity contribution in [1.29, 1.82) is 0 Å². The van der Waals surface area contributed by atoms with E-state index < -0.39 is 11.8 Å². The van der Waals surface area contributed by atoms with Crippen LogP contribution in [0.2, 0.25) is 0 Å². The smallest absolute Gasteiger partial charge is 0.342 e. The maximum absolute atomic E-state index is 11.1. The monoisotopic (exact) mass is 358 g/mol. The van der Waals surface area contributed by atoms with Gasteiger partial charge >= 0.3 is 6.03 Å². The van der Waals surface area contributed by atoms with Gasteiger partial charge in [0.2, 0.25) is 5.79 Å². The van der Waals surface area contributed by atoms with Gasteiger partial charge in [-0.05, 0) is 41.8 Å². The minimum absolute atomic E-state index is 0.320. The van der Waals surface area contributed by atoms with Crippen molar-refractivity contribution in [2.24, 2.45) is 0 Å². The van der Waals surface area contributed by atoms with Gasteiger partial charge in [0.1, 0.15) is 17.2 Å². The van der Waals surface area contributed by atoms with Crippen LogP contribution < -0.4 is 20.3 Å². The first kappa shape index (κ1) is 18.0. The van der Waals surface area contributed by atoms with E-state index >= 15 is 0 Å². The van der Waals surface area contributed by atoms with Gasteiger partial charge in [0, 0.05) is 32.2 Å². The number of hydrogen-bond acceptors (Lipinski definition) is 5. The topological polar surface area (TPSA) is 89.1 Å². The third-order valence-electron chi connectivity index (χ3n) is 4.40. The molecule has 0 aromatic heterocycles. The summed E-state index contributed by atoms with van der Waals surface area (Å²) in [7, 11) is 1.64. The molecule has 0 radical (unpaired) electrons. The summed E-state index contributed by atoms with van der Waals surface area (Å²) < 4.78 is 17.4.